The van der Waals surface area contributed by atoms with E-state index in [2.05, 4.69) is 15.4 Å². The van der Waals surface area contributed by atoms with Gasteiger partial charge in [-0.3, -0.25) is 4.79 Å². The number of carbonyl (C=O) groups excluding carboxylic acids is 1. The highest BCUT2D eigenvalue weighted by Crippen LogP contribution is 2.27. The van der Waals surface area contributed by atoms with Crippen LogP contribution in [0.25, 0.3) is 5.65 Å². The SMILES string of the molecule is O=C(O)c1cnn2c(CCc3cccc(NC(=O)C4CCC4)c3)ccnc12. The standard InChI is InChI=1S/C20H20N4O3/c25-19(14-4-2-5-14)23-15-6-1-3-13(11-15)7-8-16-9-10-21-18-17(20(26)27)12-22-24(16)18/h1,3,6,9-12,14H,2,4-5,7-8H2,(H,23,25)(H,26,27). The predicted octanol–water partition coefficient (Wildman–Crippen LogP) is 2.95. The maximum atomic E-state index is 12.1. The summed E-state index contributed by atoms with van der Waals surface area (Å²) in [7, 11) is 0. The number of aromatic nitrogens is 3. The molecule has 3 aromatic rings. The van der Waals surface area contributed by atoms with Crippen LogP contribution in [-0.4, -0.2) is 31.6 Å². The number of carbonyl (C=O) groups is 2. The molecule has 1 fully saturated rings. The van der Waals surface area contributed by atoms with Gasteiger partial charge in [0.2, 0.25) is 5.91 Å². The summed E-state index contributed by atoms with van der Waals surface area (Å²) in [5.74, 6) is -0.779. The van der Waals surface area contributed by atoms with Crippen LogP contribution in [-0.2, 0) is 17.6 Å². The van der Waals surface area contributed by atoms with E-state index in [-0.39, 0.29) is 17.4 Å². The lowest BCUT2D eigenvalue weighted by Crippen LogP contribution is -2.28. The van der Waals surface area contributed by atoms with Crippen LogP contribution in [0.4, 0.5) is 5.69 Å². The molecule has 2 aromatic heterocycles. The number of nitrogens with one attached hydrogen (secondary N) is 1. The Hall–Kier alpha value is -3.22. The van der Waals surface area contributed by atoms with Crippen molar-refractivity contribution in [2.24, 2.45) is 5.92 Å². The van der Waals surface area contributed by atoms with Crippen LogP contribution in [0.3, 0.4) is 0 Å². The molecule has 1 aliphatic rings. The van der Waals surface area contributed by atoms with Crippen LogP contribution in [0.2, 0.25) is 0 Å². The van der Waals surface area contributed by atoms with E-state index < -0.39 is 5.97 Å². The molecule has 0 unspecified atom stereocenters. The third kappa shape index (κ3) is 3.53. The smallest absolute Gasteiger partial charge is 0.341 e. The Labute approximate surface area is 156 Å². The van der Waals surface area contributed by atoms with Crippen molar-refractivity contribution in [2.45, 2.75) is 32.1 Å². The first-order valence-corrected chi connectivity index (χ1v) is 9.06. The van der Waals surface area contributed by atoms with Crippen LogP contribution in [0, 0.1) is 5.92 Å². The van der Waals surface area contributed by atoms with E-state index in [1.807, 2.05) is 30.3 Å². The normalized spacial score (nSPS) is 14.1. The average molecular weight is 364 g/mol. The lowest BCUT2D eigenvalue weighted by molar-refractivity contribution is -0.122. The van der Waals surface area contributed by atoms with Crippen LogP contribution in [0.5, 0.6) is 0 Å². The van der Waals surface area contributed by atoms with E-state index >= 15 is 0 Å². The molecular formula is C20H20N4O3. The van der Waals surface area contributed by atoms with Crippen molar-refractivity contribution in [2.75, 3.05) is 5.32 Å². The molecule has 1 saturated carbocycles. The maximum absolute atomic E-state index is 12.1. The highest BCUT2D eigenvalue weighted by Gasteiger charge is 2.25. The molecule has 2 heterocycles. The van der Waals surface area contributed by atoms with Crippen LogP contribution >= 0.6 is 0 Å². The summed E-state index contributed by atoms with van der Waals surface area (Å²) in [6.07, 6.45) is 7.44. The highest BCUT2D eigenvalue weighted by molar-refractivity contribution is 5.94. The minimum absolute atomic E-state index is 0.0950. The van der Waals surface area contributed by atoms with E-state index in [1.165, 1.54) is 6.20 Å². The number of aryl methyl sites for hydroxylation is 2. The van der Waals surface area contributed by atoms with Crippen LogP contribution in [0.15, 0.2) is 42.7 Å². The number of rotatable bonds is 6. The number of carboxylic acids is 1. The summed E-state index contributed by atoms with van der Waals surface area (Å²) in [5, 5.41) is 16.4. The maximum Gasteiger partial charge on any atom is 0.341 e. The quantitative estimate of drug-likeness (QED) is 0.701. The molecular weight excluding hydrogens is 344 g/mol. The van der Waals surface area contributed by atoms with Gasteiger partial charge in [-0.15, -0.1) is 0 Å². The fraction of sp³-hybridized carbons (Fsp3) is 0.300. The van der Waals surface area contributed by atoms with Gasteiger partial charge in [-0.1, -0.05) is 18.6 Å². The number of amides is 1. The number of carboxylic acid groups (broad SMARTS) is 1. The Morgan fingerprint density at radius 3 is 2.81 bits per heavy atom. The molecule has 1 amide bonds. The van der Waals surface area contributed by atoms with Crippen molar-refractivity contribution in [1.82, 2.24) is 14.6 Å². The second-order valence-corrected chi connectivity index (χ2v) is 6.85. The molecule has 7 nitrogen and oxygen atoms in total. The van der Waals surface area contributed by atoms with Crippen molar-refractivity contribution in [3.63, 3.8) is 0 Å². The van der Waals surface area contributed by atoms with Crippen molar-refractivity contribution in [3.8, 4) is 0 Å². The van der Waals surface area contributed by atoms with Crippen molar-refractivity contribution < 1.29 is 14.7 Å². The van der Waals surface area contributed by atoms with E-state index in [4.69, 9.17) is 0 Å². The Bertz CT molecular complexity index is 1010. The summed E-state index contributed by atoms with van der Waals surface area (Å²) < 4.78 is 1.58. The van der Waals surface area contributed by atoms with Crippen molar-refractivity contribution >= 4 is 23.2 Å². The Morgan fingerprint density at radius 1 is 1.22 bits per heavy atom. The molecule has 2 N–H and O–H groups in total. The second-order valence-electron chi connectivity index (χ2n) is 6.85. The number of fused-ring (bicyclic) bond motifs is 1. The Balaban J connectivity index is 1.47. The van der Waals surface area contributed by atoms with Crippen LogP contribution < -0.4 is 5.32 Å². The Morgan fingerprint density at radius 2 is 2.07 bits per heavy atom. The fourth-order valence-corrected chi connectivity index (χ4v) is 3.27. The first-order valence-electron chi connectivity index (χ1n) is 9.06. The molecule has 0 atom stereocenters. The fourth-order valence-electron chi connectivity index (χ4n) is 3.27. The molecule has 1 aliphatic carbocycles. The molecule has 0 saturated heterocycles. The lowest BCUT2D eigenvalue weighted by Gasteiger charge is -2.24. The zero-order chi connectivity index (χ0) is 18.8. The van der Waals surface area contributed by atoms with Gasteiger partial charge in [0.15, 0.2) is 5.65 Å². The largest absolute Gasteiger partial charge is 0.477 e. The van der Waals surface area contributed by atoms with Crippen molar-refractivity contribution in [1.29, 1.82) is 0 Å². The van der Waals surface area contributed by atoms with Gasteiger partial charge in [0.25, 0.3) is 0 Å². The van der Waals surface area contributed by atoms with Gasteiger partial charge in [-0.25, -0.2) is 14.3 Å². The monoisotopic (exact) mass is 364 g/mol. The van der Waals surface area contributed by atoms with Gasteiger partial charge in [-0.05, 0) is 49.4 Å². The average Bonchev–Trinajstić information content (AvgIpc) is 3.03. The minimum atomic E-state index is -1.04. The number of nitrogens with zero attached hydrogens (tertiary/aromatic N) is 3. The summed E-state index contributed by atoms with van der Waals surface area (Å²) in [6, 6.07) is 9.68. The van der Waals surface area contributed by atoms with E-state index in [9.17, 15) is 14.7 Å². The van der Waals surface area contributed by atoms with Gasteiger partial charge in [0.1, 0.15) is 5.56 Å². The molecule has 0 aliphatic heterocycles. The van der Waals surface area contributed by atoms with Gasteiger partial charge in [0.05, 0.1) is 6.20 Å². The summed E-state index contributed by atoms with van der Waals surface area (Å²) >= 11 is 0. The van der Waals surface area contributed by atoms with Crippen molar-refractivity contribution in [3.05, 3.63) is 59.5 Å². The first kappa shape index (κ1) is 17.2. The molecule has 4 rings (SSSR count). The molecule has 0 radical (unpaired) electrons. The van der Waals surface area contributed by atoms with Gasteiger partial charge in [-0.2, -0.15) is 5.10 Å². The van der Waals surface area contributed by atoms with E-state index in [1.54, 1.807) is 10.7 Å². The lowest BCUT2D eigenvalue weighted by atomic mass is 9.85. The molecule has 0 bridgehead atoms. The number of hydrogen-bond acceptors (Lipinski definition) is 4. The number of aromatic carboxylic acids is 1. The Kier molecular flexibility index (Phi) is 4.58. The molecule has 27 heavy (non-hydrogen) atoms. The molecule has 138 valence electrons. The molecule has 7 heteroatoms. The summed E-state index contributed by atoms with van der Waals surface area (Å²) in [6.45, 7) is 0. The zero-order valence-electron chi connectivity index (χ0n) is 14.8. The van der Waals surface area contributed by atoms with Gasteiger partial charge < -0.3 is 10.4 Å². The topological polar surface area (TPSA) is 96.6 Å². The number of hydrogen-bond donors (Lipinski definition) is 2. The third-order valence-electron chi connectivity index (χ3n) is 5.05. The number of benzene rings is 1. The second kappa shape index (κ2) is 7.19. The summed E-state index contributed by atoms with van der Waals surface area (Å²) in [5.41, 5.74) is 3.24. The van der Waals surface area contributed by atoms with Crippen LogP contribution in [0.1, 0.15) is 40.9 Å². The van der Waals surface area contributed by atoms with E-state index in [0.29, 0.717) is 12.1 Å². The first-order chi connectivity index (χ1) is 13.1. The van der Waals surface area contributed by atoms with Gasteiger partial charge >= 0.3 is 5.97 Å². The zero-order valence-corrected chi connectivity index (χ0v) is 14.8. The third-order valence-corrected chi connectivity index (χ3v) is 5.05. The number of anilines is 1. The van der Waals surface area contributed by atoms with E-state index in [0.717, 1.165) is 42.6 Å². The minimum Gasteiger partial charge on any atom is -0.477 e. The molecule has 1 aromatic carbocycles. The van der Waals surface area contributed by atoms with Gasteiger partial charge in [0, 0.05) is 23.5 Å². The highest BCUT2D eigenvalue weighted by atomic mass is 16.4. The summed E-state index contributed by atoms with van der Waals surface area (Å²) in [4.78, 5) is 27.5. The predicted molar refractivity (Wildman–Crippen MR) is 99.8 cm³/mol. The molecule has 0 spiro atoms.